The lowest BCUT2D eigenvalue weighted by molar-refractivity contribution is 0.0955. The van der Waals surface area contributed by atoms with E-state index in [2.05, 4.69) is 20.1 Å². The number of piperazine rings is 1. The van der Waals surface area contributed by atoms with E-state index in [1.807, 2.05) is 43.3 Å². The number of amides is 1. The van der Waals surface area contributed by atoms with Crippen LogP contribution in [0.2, 0.25) is 0 Å². The molecule has 3 rings (SSSR count). The van der Waals surface area contributed by atoms with Gasteiger partial charge in [0.05, 0.1) is 0 Å². The average Bonchev–Trinajstić information content (AvgIpc) is 2.70. The van der Waals surface area contributed by atoms with E-state index in [0.29, 0.717) is 18.7 Å². The number of nitrogens with one attached hydrogen (secondary N) is 1. The zero-order valence-electron chi connectivity index (χ0n) is 15.2. The fraction of sp³-hybridized carbons (Fsp3) is 0.400. The highest BCUT2D eigenvalue weighted by molar-refractivity contribution is 5.94. The van der Waals surface area contributed by atoms with E-state index in [-0.39, 0.29) is 5.91 Å². The lowest BCUT2D eigenvalue weighted by Gasteiger charge is -2.35. The van der Waals surface area contributed by atoms with Crippen LogP contribution in [0.5, 0.6) is 5.75 Å². The highest BCUT2D eigenvalue weighted by Gasteiger charge is 2.18. The van der Waals surface area contributed by atoms with Crippen LogP contribution in [0, 0.1) is 0 Å². The van der Waals surface area contributed by atoms with Gasteiger partial charge in [0.1, 0.15) is 18.2 Å². The molecular formula is C20H26N4O2. The summed E-state index contributed by atoms with van der Waals surface area (Å²) in [6.45, 7) is 7.87. The zero-order chi connectivity index (χ0) is 18.2. The predicted molar refractivity (Wildman–Crippen MR) is 103 cm³/mol. The molecule has 0 aliphatic carbocycles. The quantitative estimate of drug-likeness (QED) is 0.825. The summed E-state index contributed by atoms with van der Waals surface area (Å²) in [6.07, 6.45) is 1.71. The van der Waals surface area contributed by atoms with Gasteiger partial charge in [-0.25, -0.2) is 4.98 Å². The largest absolute Gasteiger partial charge is 0.492 e. The number of ether oxygens (including phenoxy) is 1. The molecule has 1 aliphatic rings. The van der Waals surface area contributed by atoms with Crippen molar-refractivity contribution < 1.29 is 9.53 Å². The van der Waals surface area contributed by atoms with Crippen molar-refractivity contribution in [2.24, 2.45) is 0 Å². The Hall–Kier alpha value is -2.60. The van der Waals surface area contributed by atoms with Gasteiger partial charge in [0.25, 0.3) is 5.91 Å². The van der Waals surface area contributed by atoms with Crippen molar-refractivity contribution in [3.05, 3.63) is 54.2 Å². The maximum Gasteiger partial charge on any atom is 0.251 e. The molecule has 1 amide bonds. The summed E-state index contributed by atoms with van der Waals surface area (Å²) in [6, 6.07) is 13.5. The Bertz CT molecular complexity index is 700. The zero-order valence-corrected chi connectivity index (χ0v) is 15.2. The molecule has 2 heterocycles. The minimum absolute atomic E-state index is 0.0483. The minimum Gasteiger partial charge on any atom is -0.492 e. The monoisotopic (exact) mass is 354 g/mol. The molecule has 0 bridgehead atoms. The summed E-state index contributed by atoms with van der Waals surface area (Å²) in [5.74, 6) is 1.74. The van der Waals surface area contributed by atoms with Crippen molar-refractivity contribution in [2.75, 3.05) is 50.8 Å². The van der Waals surface area contributed by atoms with Crippen molar-refractivity contribution in [2.45, 2.75) is 6.92 Å². The Balaban J connectivity index is 1.46. The van der Waals surface area contributed by atoms with Crippen LogP contribution in [-0.2, 0) is 0 Å². The highest BCUT2D eigenvalue weighted by Crippen LogP contribution is 2.15. The van der Waals surface area contributed by atoms with Gasteiger partial charge < -0.3 is 15.0 Å². The Morgan fingerprint density at radius 3 is 2.65 bits per heavy atom. The van der Waals surface area contributed by atoms with Crippen LogP contribution in [0.3, 0.4) is 0 Å². The second kappa shape index (κ2) is 9.20. The van der Waals surface area contributed by atoms with Gasteiger partial charge in [-0.15, -0.1) is 0 Å². The van der Waals surface area contributed by atoms with Gasteiger partial charge in [-0.2, -0.15) is 0 Å². The number of rotatable bonds is 7. The van der Waals surface area contributed by atoms with Crippen molar-refractivity contribution in [1.29, 1.82) is 0 Å². The van der Waals surface area contributed by atoms with Gasteiger partial charge in [0, 0.05) is 51.0 Å². The summed E-state index contributed by atoms with van der Waals surface area (Å²) >= 11 is 0. The lowest BCUT2D eigenvalue weighted by Crippen LogP contribution is -2.47. The molecule has 1 saturated heterocycles. The maximum absolute atomic E-state index is 12.0. The molecule has 2 aromatic rings. The molecule has 0 saturated carbocycles. The standard InChI is InChI=1S/C20H26N4O2/c1-2-21-20(25)17-8-9-22-19(16-17)24-12-10-23(11-13-24)14-15-26-18-6-4-3-5-7-18/h3-9,16H,2,10-15H2,1H3,(H,21,25). The van der Waals surface area contributed by atoms with E-state index in [4.69, 9.17) is 4.74 Å². The average molecular weight is 354 g/mol. The molecule has 1 N–H and O–H groups in total. The number of hydrogen-bond acceptors (Lipinski definition) is 5. The van der Waals surface area contributed by atoms with Crippen LogP contribution < -0.4 is 15.0 Å². The van der Waals surface area contributed by atoms with Gasteiger partial charge >= 0.3 is 0 Å². The van der Waals surface area contributed by atoms with Crippen LogP contribution in [0.15, 0.2) is 48.7 Å². The number of carbonyl (C=O) groups is 1. The van der Waals surface area contributed by atoms with Crippen molar-refractivity contribution in [3.8, 4) is 5.75 Å². The molecule has 0 radical (unpaired) electrons. The first-order valence-electron chi connectivity index (χ1n) is 9.15. The van der Waals surface area contributed by atoms with Gasteiger partial charge in [0.2, 0.25) is 0 Å². The second-order valence-corrected chi connectivity index (χ2v) is 6.25. The van der Waals surface area contributed by atoms with Crippen LogP contribution in [0.4, 0.5) is 5.82 Å². The van der Waals surface area contributed by atoms with E-state index < -0.39 is 0 Å². The summed E-state index contributed by atoms with van der Waals surface area (Å²) in [5, 5.41) is 2.83. The first-order valence-corrected chi connectivity index (χ1v) is 9.15. The summed E-state index contributed by atoms with van der Waals surface area (Å²) < 4.78 is 5.77. The number of hydrogen-bond donors (Lipinski definition) is 1. The van der Waals surface area contributed by atoms with E-state index in [1.54, 1.807) is 12.3 Å². The molecule has 138 valence electrons. The van der Waals surface area contributed by atoms with Crippen LogP contribution in [-0.4, -0.2) is 61.7 Å². The number of nitrogens with zero attached hydrogens (tertiary/aromatic N) is 3. The molecule has 1 aromatic carbocycles. The van der Waals surface area contributed by atoms with Crippen LogP contribution >= 0.6 is 0 Å². The molecule has 0 atom stereocenters. The molecule has 0 unspecified atom stereocenters. The summed E-state index contributed by atoms with van der Waals surface area (Å²) in [5.41, 5.74) is 0.663. The normalized spacial score (nSPS) is 14.9. The topological polar surface area (TPSA) is 57.7 Å². The SMILES string of the molecule is CCNC(=O)c1ccnc(N2CCN(CCOc3ccccc3)CC2)c1. The van der Waals surface area contributed by atoms with E-state index in [1.165, 1.54) is 0 Å². The van der Waals surface area contributed by atoms with E-state index >= 15 is 0 Å². The van der Waals surface area contributed by atoms with Gasteiger partial charge in [-0.3, -0.25) is 9.69 Å². The van der Waals surface area contributed by atoms with Crippen LogP contribution in [0.1, 0.15) is 17.3 Å². The Labute approximate surface area is 154 Å². The molecule has 1 aromatic heterocycles. The predicted octanol–water partition coefficient (Wildman–Crippen LogP) is 2.03. The number of anilines is 1. The molecular weight excluding hydrogens is 328 g/mol. The third kappa shape index (κ3) is 4.95. The number of pyridine rings is 1. The third-order valence-corrected chi connectivity index (χ3v) is 4.46. The Kier molecular flexibility index (Phi) is 6.44. The number of carbonyl (C=O) groups excluding carboxylic acids is 1. The first kappa shape index (κ1) is 18.2. The first-order chi connectivity index (χ1) is 12.8. The molecule has 0 spiro atoms. The number of aromatic nitrogens is 1. The molecule has 1 aliphatic heterocycles. The summed E-state index contributed by atoms with van der Waals surface area (Å²) in [7, 11) is 0. The van der Waals surface area contributed by atoms with E-state index in [9.17, 15) is 4.79 Å². The second-order valence-electron chi connectivity index (χ2n) is 6.25. The lowest BCUT2D eigenvalue weighted by atomic mass is 10.2. The maximum atomic E-state index is 12.0. The minimum atomic E-state index is -0.0483. The third-order valence-electron chi connectivity index (χ3n) is 4.46. The Morgan fingerprint density at radius 1 is 1.15 bits per heavy atom. The van der Waals surface area contributed by atoms with Crippen molar-refractivity contribution >= 4 is 11.7 Å². The number of benzene rings is 1. The van der Waals surface area contributed by atoms with Gasteiger partial charge in [-0.05, 0) is 31.2 Å². The van der Waals surface area contributed by atoms with Crippen molar-refractivity contribution in [3.63, 3.8) is 0 Å². The number of para-hydroxylation sites is 1. The van der Waals surface area contributed by atoms with Crippen molar-refractivity contribution in [1.82, 2.24) is 15.2 Å². The smallest absolute Gasteiger partial charge is 0.251 e. The van der Waals surface area contributed by atoms with Crippen LogP contribution in [0.25, 0.3) is 0 Å². The molecule has 26 heavy (non-hydrogen) atoms. The fourth-order valence-electron chi connectivity index (χ4n) is 3.01. The van der Waals surface area contributed by atoms with Gasteiger partial charge in [0.15, 0.2) is 0 Å². The molecule has 1 fully saturated rings. The van der Waals surface area contributed by atoms with E-state index in [0.717, 1.165) is 44.3 Å². The summed E-state index contributed by atoms with van der Waals surface area (Å²) in [4.78, 5) is 21.1. The Morgan fingerprint density at radius 2 is 1.92 bits per heavy atom. The molecule has 6 heteroatoms. The molecule has 6 nitrogen and oxygen atoms in total. The highest BCUT2D eigenvalue weighted by atomic mass is 16.5. The van der Waals surface area contributed by atoms with Gasteiger partial charge in [-0.1, -0.05) is 18.2 Å². The fourth-order valence-corrected chi connectivity index (χ4v) is 3.01.